The lowest BCUT2D eigenvalue weighted by Gasteiger charge is -2.24. The fourth-order valence-electron chi connectivity index (χ4n) is 2.82. The van der Waals surface area contributed by atoms with Gasteiger partial charge in [0.25, 0.3) is 5.91 Å². The van der Waals surface area contributed by atoms with Crippen LogP contribution in [0.4, 0.5) is 0 Å². The lowest BCUT2D eigenvalue weighted by molar-refractivity contribution is 0.0927. The molecule has 0 aromatic carbocycles. The van der Waals surface area contributed by atoms with Gasteiger partial charge < -0.3 is 14.6 Å². The van der Waals surface area contributed by atoms with Gasteiger partial charge in [-0.15, -0.1) is 0 Å². The Labute approximate surface area is 142 Å². The van der Waals surface area contributed by atoms with Crippen LogP contribution in [0, 0.1) is 12.8 Å². The molecule has 2 aromatic rings. The second-order valence-electron chi connectivity index (χ2n) is 6.75. The van der Waals surface area contributed by atoms with E-state index in [0.29, 0.717) is 24.0 Å². The zero-order valence-corrected chi connectivity index (χ0v) is 14.5. The molecule has 1 atom stereocenters. The zero-order chi connectivity index (χ0) is 17.1. The van der Waals surface area contributed by atoms with Crippen LogP contribution < -0.4 is 10.1 Å². The molecule has 0 bridgehead atoms. The molecule has 6 nitrogen and oxygen atoms in total. The Morgan fingerprint density at radius 3 is 3.00 bits per heavy atom. The number of nitrogens with one attached hydrogen (secondary N) is 1. The van der Waals surface area contributed by atoms with Crippen molar-refractivity contribution in [3.63, 3.8) is 0 Å². The third-order valence-electron chi connectivity index (χ3n) is 4.01. The molecule has 3 rings (SSSR count). The Morgan fingerprint density at radius 2 is 2.29 bits per heavy atom. The molecule has 3 heterocycles. The van der Waals surface area contributed by atoms with Gasteiger partial charge in [-0.05, 0) is 25.3 Å². The fraction of sp³-hybridized carbons (Fsp3) is 0.500. The largest absolute Gasteiger partial charge is 0.477 e. The number of rotatable bonds is 5. The number of amides is 1. The highest BCUT2D eigenvalue weighted by Gasteiger charge is 2.21. The van der Waals surface area contributed by atoms with Crippen LogP contribution in [-0.4, -0.2) is 33.1 Å². The third-order valence-corrected chi connectivity index (χ3v) is 4.01. The number of aromatic nitrogens is 3. The normalized spacial score (nSPS) is 16.8. The summed E-state index contributed by atoms with van der Waals surface area (Å²) in [6.45, 7) is 7.55. The van der Waals surface area contributed by atoms with Gasteiger partial charge in [0.05, 0.1) is 17.9 Å². The molecule has 1 aliphatic rings. The summed E-state index contributed by atoms with van der Waals surface area (Å²) < 4.78 is 7.67. The number of pyridine rings is 1. The molecule has 0 fully saturated rings. The van der Waals surface area contributed by atoms with E-state index in [1.807, 2.05) is 13.1 Å². The molecular weight excluding hydrogens is 304 g/mol. The molecule has 2 aromatic heterocycles. The van der Waals surface area contributed by atoms with E-state index >= 15 is 0 Å². The summed E-state index contributed by atoms with van der Waals surface area (Å²) in [6, 6.07) is 3.62. The van der Waals surface area contributed by atoms with Gasteiger partial charge in [-0.1, -0.05) is 13.8 Å². The van der Waals surface area contributed by atoms with Crippen molar-refractivity contribution in [1.29, 1.82) is 0 Å². The summed E-state index contributed by atoms with van der Waals surface area (Å²) in [5.74, 6) is 2.00. The van der Waals surface area contributed by atoms with Crippen LogP contribution in [0.5, 0.6) is 5.88 Å². The topological polar surface area (TPSA) is 69.0 Å². The van der Waals surface area contributed by atoms with Crippen molar-refractivity contribution >= 4 is 5.91 Å². The van der Waals surface area contributed by atoms with Gasteiger partial charge in [0.2, 0.25) is 5.88 Å². The van der Waals surface area contributed by atoms with Crippen molar-refractivity contribution in [1.82, 2.24) is 19.9 Å². The Hall–Kier alpha value is -2.37. The minimum Gasteiger partial charge on any atom is -0.477 e. The first-order valence-electron chi connectivity index (χ1n) is 8.43. The Morgan fingerprint density at radius 1 is 1.46 bits per heavy atom. The molecule has 0 spiro atoms. The molecule has 128 valence electrons. The quantitative estimate of drug-likeness (QED) is 0.915. The van der Waals surface area contributed by atoms with Gasteiger partial charge in [0.1, 0.15) is 5.82 Å². The molecule has 1 amide bonds. The van der Waals surface area contributed by atoms with Crippen molar-refractivity contribution in [3.8, 4) is 5.88 Å². The van der Waals surface area contributed by atoms with Crippen molar-refractivity contribution in [2.45, 2.75) is 46.2 Å². The highest BCUT2D eigenvalue weighted by molar-refractivity contribution is 5.94. The first-order valence-corrected chi connectivity index (χ1v) is 8.43. The lowest BCUT2D eigenvalue weighted by atomic mass is 10.1. The van der Waals surface area contributed by atoms with E-state index in [9.17, 15) is 4.79 Å². The summed E-state index contributed by atoms with van der Waals surface area (Å²) >= 11 is 0. The fourth-order valence-corrected chi connectivity index (χ4v) is 2.82. The van der Waals surface area contributed by atoms with E-state index in [1.165, 1.54) is 0 Å². The van der Waals surface area contributed by atoms with Crippen LogP contribution in [0.25, 0.3) is 0 Å². The summed E-state index contributed by atoms with van der Waals surface area (Å²) in [5.41, 5.74) is 1.58. The van der Waals surface area contributed by atoms with Gasteiger partial charge >= 0.3 is 0 Å². The van der Waals surface area contributed by atoms with Crippen LogP contribution in [0.3, 0.4) is 0 Å². The number of imidazole rings is 1. The second kappa shape index (κ2) is 7.03. The standard InChI is InChI=1S/C18H24N4O2/c1-12(2)11-24-17-7-4-14(8-19-17)18(23)21-15-5-6-16-20-13(3)9-22(16)10-15/h4,7-9,12,15H,5-6,10-11H2,1-3H3,(H,21,23). The van der Waals surface area contributed by atoms with Crippen LogP contribution in [-0.2, 0) is 13.0 Å². The number of aryl methyl sites for hydroxylation is 2. The minimum atomic E-state index is -0.0943. The average Bonchev–Trinajstić information content (AvgIpc) is 2.92. The molecule has 1 unspecified atom stereocenters. The third kappa shape index (κ3) is 3.93. The van der Waals surface area contributed by atoms with E-state index in [1.54, 1.807) is 18.3 Å². The van der Waals surface area contributed by atoms with Crippen LogP contribution in [0.2, 0.25) is 0 Å². The number of carbonyl (C=O) groups excluding carboxylic acids is 1. The van der Waals surface area contributed by atoms with Gasteiger partial charge in [0.15, 0.2) is 0 Å². The zero-order valence-electron chi connectivity index (χ0n) is 14.5. The maximum Gasteiger partial charge on any atom is 0.253 e. The summed E-state index contributed by atoms with van der Waals surface area (Å²) in [7, 11) is 0. The van der Waals surface area contributed by atoms with E-state index < -0.39 is 0 Å². The van der Waals surface area contributed by atoms with Gasteiger partial charge in [-0.2, -0.15) is 0 Å². The molecule has 0 saturated carbocycles. The molecule has 1 aliphatic heterocycles. The van der Waals surface area contributed by atoms with E-state index in [2.05, 4.69) is 33.7 Å². The smallest absolute Gasteiger partial charge is 0.253 e. The average molecular weight is 328 g/mol. The van der Waals surface area contributed by atoms with Crippen molar-refractivity contribution < 1.29 is 9.53 Å². The Balaban J connectivity index is 1.57. The molecule has 6 heteroatoms. The predicted molar refractivity (Wildman–Crippen MR) is 91.1 cm³/mol. The Bertz CT molecular complexity index is 706. The maximum atomic E-state index is 12.4. The summed E-state index contributed by atoms with van der Waals surface area (Å²) in [6.07, 6.45) is 5.40. The summed E-state index contributed by atoms with van der Waals surface area (Å²) in [5, 5.41) is 3.09. The van der Waals surface area contributed by atoms with Crippen molar-refractivity contribution in [2.24, 2.45) is 5.92 Å². The highest BCUT2D eigenvalue weighted by atomic mass is 16.5. The minimum absolute atomic E-state index is 0.0943. The van der Waals surface area contributed by atoms with Gasteiger partial charge in [-0.25, -0.2) is 9.97 Å². The molecule has 24 heavy (non-hydrogen) atoms. The number of fused-ring (bicyclic) bond motifs is 1. The number of ether oxygens (including phenoxy) is 1. The molecule has 0 saturated heterocycles. The lowest BCUT2D eigenvalue weighted by Crippen LogP contribution is -2.40. The predicted octanol–water partition coefficient (Wildman–Crippen LogP) is 2.37. The molecule has 0 aliphatic carbocycles. The monoisotopic (exact) mass is 328 g/mol. The van der Waals surface area contributed by atoms with Crippen LogP contribution in [0.1, 0.15) is 42.1 Å². The number of nitrogens with zero attached hydrogens (tertiary/aromatic N) is 3. The Kier molecular flexibility index (Phi) is 4.83. The SMILES string of the molecule is Cc1cn2c(n1)CCC(NC(=O)c1ccc(OCC(C)C)nc1)C2. The molecule has 1 N–H and O–H groups in total. The second-order valence-corrected chi connectivity index (χ2v) is 6.75. The first-order chi connectivity index (χ1) is 11.5. The van der Waals surface area contributed by atoms with Crippen LogP contribution >= 0.6 is 0 Å². The van der Waals surface area contributed by atoms with Crippen molar-refractivity contribution in [3.05, 3.63) is 41.6 Å². The number of carbonyl (C=O) groups is 1. The summed E-state index contributed by atoms with van der Waals surface area (Å²) in [4.78, 5) is 21.1. The maximum absolute atomic E-state index is 12.4. The van der Waals surface area contributed by atoms with Crippen molar-refractivity contribution in [2.75, 3.05) is 6.61 Å². The van der Waals surface area contributed by atoms with E-state index in [0.717, 1.165) is 30.9 Å². The highest BCUT2D eigenvalue weighted by Crippen LogP contribution is 2.16. The molecular formula is C18H24N4O2. The molecule has 0 radical (unpaired) electrons. The number of hydrogen-bond acceptors (Lipinski definition) is 4. The van der Waals surface area contributed by atoms with Crippen LogP contribution in [0.15, 0.2) is 24.5 Å². The van der Waals surface area contributed by atoms with Gasteiger partial charge in [-0.3, -0.25) is 4.79 Å². The number of hydrogen-bond donors (Lipinski definition) is 1. The first kappa shape index (κ1) is 16.5. The van der Waals surface area contributed by atoms with E-state index in [4.69, 9.17) is 4.74 Å². The van der Waals surface area contributed by atoms with E-state index in [-0.39, 0.29) is 11.9 Å². The van der Waals surface area contributed by atoms with Gasteiger partial charge in [0, 0.05) is 37.5 Å².